The second-order valence-corrected chi connectivity index (χ2v) is 7.48. The fourth-order valence-corrected chi connectivity index (χ4v) is 4.12. The van der Waals surface area contributed by atoms with Crippen molar-refractivity contribution in [3.05, 3.63) is 48.0 Å². The summed E-state index contributed by atoms with van der Waals surface area (Å²) in [5.74, 6) is 0.938. The summed E-state index contributed by atoms with van der Waals surface area (Å²) < 4.78 is 6.74. The summed E-state index contributed by atoms with van der Waals surface area (Å²) in [6, 6.07) is 13.7. The summed E-state index contributed by atoms with van der Waals surface area (Å²) in [5.41, 5.74) is 8.30. The van der Waals surface area contributed by atoms with Crippen LogP contribution < -0.4 is 15.4 Å². The van der Waals surface area contributed by atoms with Crippen molar-refractivity contribution in [1.82, 2.24) is 9.88 Å². The largest absolute Gasteiger partial charge is 0.492 e. The van der Waals surface area contributed by atoms with Crippen LogP contribution in [0.3, 0.4) is 0 Å². The minimum absolute atomic E-state index is 0.0428. The normalized spacial score (nSPS) is 14.6. The Morgan fingerprint density at radius 1 is 1.19 bits per heavy atom. The van der Waals surface area contributed by atoms with Gasteiger partial charge in [0.2, 0.25) is 0 Å². The van der Waals surface area contributed by atoms with Crippen molar-refractivity contribution in [2.24, 2.45) is 0 Å². The van der Waals surface area contributed by atoms with Crippen molar-refractivity contribution >= 4 is 38.3 Å². The van der Waals surface area contributed by atoms with Gasteiger partial charge >= 0.3 is 0 Å². The molecule has 0 spiro atoms. The van der Waals surface area contributed by atoms with E-state index in [1.807, 2.05) is 48.2 Å². The van der Waals surface area contributed by atoms with Gasteiger partial charge in [0.05, 0.1) is 22.5 Å². The van der Waals surface area contributed by atoms with Crippen molar-refractivity contribution < 1.29 is 9.53 Å². The number of nitrogens with two attached hydrogens (primary N) is 1. The van der Waals surface area contributed by atoms with Crippen LogP contribution in [0.5, 0.6) is 5.75 Å². The molecule has 6 nitrogen and oxygen atoms in total. The second kappa shape index (κ2) is 7.44. The zero-order chi connectivity index (χ0) is 18.8. The Morgan fingerprint density at radius 2 is 1.96 bits per heavy atom. The molecule has 1 aromatic heterocycles. The quantitative estimate of drug-likeness (QED) is 0.750. The molecule has 2 N–H and O–H groups in total. The maximum atomic E-state index is 12.9. The number of piperazine rings is 1. The minimum atomic E-state index is 0.0428. The van der Waals surface area contributed by atoms with E-state index < -0.39 is 0 Å². The first kappa shape index (κ1) is 17.6. The zero-order valence-corrected chi connectivity index (χ0v) is 16.0. The van der Waals surface area contributed by atoms with Crippen molar-refractivity contribution in [2.45, 2.75) is 6.92 Å². The molecule has 0 unspecified atom stereocenters. The Labute approximate surface area is 162 Å². The number of fused-ring (bicyclic) bond motifs is 1. The van der Waals surface area contributed by atoms with Gasteiger partial charge in [-0.3, -0.25) is 4.79 Å². The van der Waals surface area contributed by atoms with Gasteiger partial charge in [0.1, 0.15) is 5.75 Å². The number of aromatic nitrogens is 1. The van der Waals surface area contributed by atoms with E-state index >= 15 is 0 Å². The Balaban J connectivity index is 1.46. The molecule has 1 amide bonds. The number of thiazole rings is 1. The van der Waals surface area contributed by atoms with Crippen molar-refractivity contribution in [3.8, 4) is 5.75 Å². The van der Waals surface area contributed by atoms with Crippen molar-refractivity contribution in [1.29, 1.82) is 0 Å². The number of nitrogen functional groups attached to an aromatic ring is 1. The molecular weight excluding hydrogens is 360 g/mol. The summed E-state index contributed by atoms with van der Waals surface area (Å²) in [4.78, 5) is 21.3. The first-order valence-corrected chi connectivity index (χ1v) is 9.89. The average Bonchev–Trinajstić information content (AvgIpc) is 3.07. The van der Waals surface area contributed by atoms with Crippen LogP contribution in [0.15, 0.2) is 42.5 Å². The number of rotatable bonds is 4. The number of nitrogens with zero attached hydrogens (tertiary/aromatic N) is 3. The predicted octanol–water partition coefficient (Wildman–Crippen LogP) is 3.24. The Morgan fingerprint density at radius 3 is 2.74 bits per heavy atom. The molecule has 140 valence electrons. The van der Waals surface area contributed by atoms with E-state index in [4.69, 9.17) is 10.5 Å². The summed E-state index contributed by atoms with van der Waals surface area (Å²) in [7, 11) is 0. The van der Waals surface area contributed by atoms with Gasteiger partial charge in [-0.15, -0.1) is 0 Å². The van der Waals surface area contributed by atoms with E-state index in [9.17, 15) is 4.79 Å². The lowest BCUT2D eigenvalue weighted by Crippen LogP contribution is -2.48. The number of benzene rings is 2. The maximum Gasteiger partial charge on any atom is 0.254 e. The Hall–Kier alpha value is -2.80. The zero-order valence-electron chi connectivity index (χ0n) is 15.2. The SMILES string of the molecule is CCOc1ccccc1N1CCN(C(=O)c2ccc3sc(N)nc3c2)CC1. The molecule has 1 aliphatic rings. The first-order chi connectivity index (χ1) is 13.2. The van der Waals surface area contributed by atoms with Gasteiger partial charge < -0.3 is 20.3 Å². The van der Waals surface area contributed by atoms with E-state index in [1.165, 1.54) is 11.3 Å². The number of para-hydroxylation sites is 2. The molecule has 1 aliphatic heterocycles. The van der Waals surface area contributed by atoms with Crippen molar-refractivity contribution in [2.75, 3.05) is 43.4 Å². The van der Waals surface area contributed by atoms with Gasteiger partial charge in [-0.1, -0.05) is 23.5 Å². The smallest absolute Gasteiger partial charge is 0.254 e. The number of hydrogen-bond acceptors (Lipinski definition) is 6. The molecule has 0 bridgehead atoms. The molecule has 0 radical (unpaired) electrons. The van der Waals surface area contributed by atoms with E-state index in [1.54, 1.807) is 0 Å². The Bertz CT molecular complexity index is 964. The van der Waals surface area contributed by atoms with Crippen LogP contribution >= 0.6 is 11.3 Å². The lowest BCUT2D eigenvalue weighted by molar-refractivity contribution is 0.0747. The van der Waals surface area contributed by atoms with Gasteiger partial charge in [0.15, 0.2) is 5.13 Å². The standard InChI is InChI=1S/C20H22N4O2S/c1-2-26-17-6-4-3-5-16(17)23-9-11-24(12-10-23)19(25)14-7-8-18-15(13-14)22-20(21)27-18/h3-8,13H,2,9-12H2,1H3,(H2,21,22). The lowest BCUT2D eigenvalue weighted by atomic mass is 10.1. The molecule has 27 heavy (non-hydrogen) atoms. The number of carbonyl (C=O) groups is 1. The molecule has 3 aromatic rings. The number of hydrogen-bond donors (Lipinski definition) is 1. The fourth-order valence-electron chi connectivity index (χ4n) is 3.41. The molecule has 1 saturated heterocycles. The minimum Gasteiger partial charge on any atom is -0.492 e. The molecule has 0 saturated carbocycles. The number of ether oxygens (including phenoxy) is 1. The van der Waals surface area contributed by atoms with Gasteiger partial charge in [0, 0.05) is 31.7 Å². The van der Waals surface area contributed by atoms with Crippen LogP contribution in [0.4, 0.5) is 10.8 Å². The molecule has 2 heterocycles. The van der Waals surface area contributed by atoms with E-state index in [0.29, 0.717) is 30.4 Å². The third kappa shape index (κ3) is 3.55. The second-order valence-electron chi connectivity index (χ2n) is 6.41. The molecule has 1 fully saturated rings. The highest BCUT2D eigenvalue weighted by Gasteiger charge is 2.24. The van der Waals surface area contributed by atoms with Gasteiger partial charge in [-0.25, -0.2) is 4.98 Å². The van der Waals surface area contributed by atoms with Crippen LogP contribution in [0.25, 0.3) is 10.2 Å². The third-order valence-electron chi connectivity index (χ3n) is 4.72. The van der Waals surface area contributed by atoms with Crippen LogP contribution in [-0.4, -0.2) is 48.6 Å². The first-order valence-electron chi connectivity index (χ1n) is 9.08. The van der Waals surface area contributed by atoms with Crippen LogP contribution in [0.1, 0.15) is 17.3 Å². The fraction of sp³-hybridized carbons (Fsp3) is 0.300. The highest BCUT2D eigenvalue weighted by atomic mass is 32.1. The molecule has 0 atom stereocenters. The Kier molecular flexibility index (Phi) is 4.85. The van der Waals surface area contributed by atoms with E-state index in [2.05, 4.69) is 16.0 Å². The third-order valence-corrected chi connectivity index (χ3v) is 5.59. The summed E-state index contributed by atoms with van der Waals surface area (Å²) in [5, 5.41) is 0.524. The monoisotopic (exact) mass is 382 g/mol. The molecule has 0 aliphatic carbocycles. The number of amides is 1. The van der Waals surface area contributed by atoms with Gasteiger partial charge in [0.25, 0.3) is 5.91 Å². The average molecular weight is 382 g/mol. The van der Waals surface area contributed by atoms with E-state index in [-0.39, 0.29) is 5.91 Å². The lowest BCUT2D eigenvalue weighted by Gasteiger charge is -2.36. The topological polar surface area (TPSA) is 71.7 Å². The summed E-state index contributed by atoms with van der Waals surface area (Å²) in [6.07, 6.45) is 0. The highest BCUT2D eigenvalue weighted by Crippen LogP contribution is 2.29. The molecular formula is C20H22N4O2S. The predicted molar refractivity (Wildman–Crippen MR) is 110 cm³/mol. The van der Waals surface area contributed by atoms with Crippen LogP contribution in [0, 0.1) is 0 Å². The number of carbonyl (C=O) groups excluding carboxylic acids is 1. The maximum absolute atomic E-state index is 12.9. The molecule has 2 aromatic carbocycles. The molecule has 4 rings (SSSR count). The highest BCUT2D eigenvalue weighted by molar-refractivity contribution is 7.22. The summed E-state index contributed by atoms with van der Waals surface area (Å²) in [6.45, 7) is 5.54. The van der Waals surface area contributed by atoms with Gasteiger partial charge in [-0.2, -0.15) is 0 Å². The van der Waals surface area contributed by atoms with Crippen LogP contribution in [-0.2, 0) is 0 Å². The number of anilines is 2. The van der Waals surface area contributed by atoms with E-state index in [0.717, 1.165) is 34.7 Å². The summed E-state index contributed by atoms with van der Waals surface area (Å²) >= 11 is 1.43. The van der Waals surface area contributed by atoms with Gasteiger partial charge in [-0.05, 0) is 37.3 Å². The van der Waals surface area contributed by atoms with Crippen molar-refractivity contribution in [3.63, 3.8) is 0 Å². The molecule has 7 heteroatoms. The van der Waals surface area contributed by atoms with Crippen LogP contribution in [0.2, 0.25) is 0 Å².